The van der Waals surface area contributed by atoms with Crippen LogP contribution in [0, 0.1) is 13.8 Å². The van der Waals surface area contributed by atoms with E-state index in [-0.39, 0.29) is 5.91 Å². The van der Waals surface area contributed by atoms with Gasteiger partial charge >= 0.3 is 0 Å². The van der Waals surface area contributed by atoms with Crippen LogP contribution in [0.3, 0.4) is 0 Å². The van der Waals surface area contributed by atoms with Gasteiger partial charge in [0.05, 0.1) is 0 Å². The number of aryl methyl sites for hydroxylation is 3. The fraction of sp³-hybridized carbons (Fsp3) is 0.316. The van der Waals surface area contributed by atoms with Crippen LogP contribution in [0.15, 0.2) is 42.5 Å². The zero-order valence-electron chi connectivity index (χ0n) is 13.6. The van der Waals surface area contributed by atoms with Crippen LogP contribution >= 0.6 is 0 Å². The third kappa shape index (κ3) is 4.62. The van der Waals surface area contributed by atoms with Crippen LogP contribution in [-0.4, -0.2) is 12.5 Å². The number of carbonyl (C=O) groups is 1. The Morgan fingerprint density at radius 1 is 1.05 bits per heavy atom. The van der Waals surface area contributed by atoms with Crippen molar-refractivity contribution >= 4 is 17.3 Å². The lowest BCUT2D eigenvalue weighted by Crippen LogP contribution is -2.16. The summed E-state index contributed by atoms with van der Waals surface area (Å²) in [5.74, 6) is 0.0337. The van der Waals surface area contributed by atoms with Gasteiger partial charge in [-0.2, -0.15) is 0 Å². The molecule has 116 valence electrons. The second kappa shape index (κ2) is 7.64. The molecule has 0 aromatic heterocycles. The first kappa shape index (κ1) is 16.1. The number of hydrogen-bond donors (Lipinski definition) is 2. The Morgan fingerprint density at radius 2 is 1.77 bits per heavy atom. The summed E-state index contributed by atoms with van der Waals surface area (Å²) in [6, 6.07) is 14.4. The van der Waals surface area contributed by atoms with Crippen molar-refractivity contribution in [3.63, 3.8) is 0 Å². The molecule has 1 amide bonds. The minimum atomic E-state index is 0.0337. The van der Waals surface area contributed by atoms with Gasteiger partial charge in [-0.1, -0.05) is 31.2 Å². The average Bonchev–Trinajstić information content (AvgIpc) is 2.51. The van der Waals surface area contributed by atoms with Gasteiger partial charge in [-0.3, -0.25) is 4.79 Å². The quantitative estimate of drug-likeness (QED) is 0.834. The van der Waals surface area contributed by atoms with Crippen LogP contribution in [0.4, 0.5) is 11.4 Å². The zero-order valence-corrected chi connectivity index (χ0v) is 13.6. The van der Waals surface area contributed by atoms with Gasteiger partial charge in [-0.15, -0.1) is 0 Å². The second-order valence-corrected chi connectivity index (χ2v) is 5.59. The SMILES string of the molecule is CCc1ccc(NCCC(=O)Nc2cc(C)ccc2C)cc1. The topological polar surface area (TPSA) is 41.1 Å². The molecule has 2 N–H and O–H groups in total. The summed E-state index contributed by atoms with van der Waals surface area (Å²) in [6.45, 7) is 6.79. The standard InChI is InChI=1S/C19H24N2O/c1-4-16-7-9-17(10-8-16)20-12-11-19(22)21-18-13-14(2)5-6-15(18)3/h5-10,13,20H,4,11-12H2,1-3H3,(H,21,22). The summed E-state index contributed by atoms with van der Waals surface area (Å²) in [5, 5.41) is 6.25. The van der Waals surface area contributed by atoms with Crippen LogP contribution in [0.25, 0.3) is 0 Å². The maximum Gasteiger partial charge on any atom is 0.226 e. The molecule has 0 atom stereocenters. The van der Waals surface area contributed by atoms with Crippen LogP contribution in [0.1, 0.15) is 30.0 Å². The van der Waals surface area contributed by atoms with Gasteiger partial charge in [0.15, 0.2) is 0 Å². The minimum absolute atomic E-state index is 0.0337. The summed E-state index contributed by atoms with van der Waals surface area (Å²) < 4.78 is 0. The van der Waals surface area contributed by atoms with Gasteiger partial charge in [0.2, 0.25) is 5.91 Å². The molecular weight excluding hydrogens is 272 g/mol. The van der Waals surface area contributed by atoms with E-state index >= 15 is 0 Å². The summed E-state index contributed by atoms with van der Waals surface area (Å²) in [6.07, 6.45) is 1.49. The summed E-state index contributed by atoms with van der Waals surface area (Å²) >= 11 is 0. The highest BCUT2D eigenvalue weighted by Crippen LogP contribution is 2.16. The molecule has 0 aliphatic carbocycles. The number of rotatable bonds is 6. The fourth-order valence-electron chi connectivity index (χ4n) is 2.26. The second-order valence-electron chi connectivity index (χ2n) is 5.59. The summed E-state index contributed by atoms with van der Waals surface area (Å²) in [7, 11) is 0. The predicted molar refractivity (Wildman–Crippen MR) is 93.5 cm³/mol. The lowest BCUT2D eigenvalue weighted by atomic mass is 10.1. The van der Waals surface area contributed by atoms with Crippen molar-refractivity contribution in [2.24, 2.45) is 0 Å². The van der Waals surface area contributed by atoms with Crippen molar-refractivity contribution in [1.29, 1.82) is 0 Å². The van der Waals surface area contributed by atoms with Crippen LogP contribution in [-0.2, 0) is 11.2 Å². The average molecular weight is 296 g/mol. The lowest BCUT2D eigenvalue weighted by Gasteiger charge is -2.10. The number of nitrogens with one attached hydrogen (secondary N) is 2. The smallest absolute Gasteiger partial charge is 0.226 e. The van der Waals surface area contributed by atoms with E-state index in [1.807, 2.05) is 32.0 Å². The Hall–Kier alpha value is -2.29. The first-order valence-corrected chi connectivity index (χ1v) is 7.78. The van der Waals surface area contributed by atoms with Gasteiger partial charge in [0.25, 0.3) is 0 Å². The van der Waals surface area contributed by atoms with Crippen LogP contribution in [0.2, 0.25) is 0 Å². The first-order chi connectivity index (χ1) is 10.6. The number of anilines is 2. The molecule has 0 spiro atoms. The molecule has 0 radical (unpaired) electrons. The molecule has 0 aliphatic heterocycles. The van der Waals surface area contributed by atoms with Crippen LogP contribution < -0.4 is 10.6 Å². The van der Waals surface area contributed by atoms with Crippen molar-refractivity contribution in [1.82, 2.24) is 0 Å². The lowest BCUT2D eigenvalue weighted by molar-refractivity contribution is -0.115. The summed E-state index contributed by atoms with van der Waals surface area (Å²) in [5.41, 5.74) is 5.50. The van der Waals surface area contributed by atoms with E-state index in [4.69, 9.17) is 0 Å². The molecule has 2 rings (SSSR count). The molecule has 0 heterocycles. The van der Waals surface area contributed by atoms with E-state index in [0.29, 0.717) is 13.0 Å². The normalized spacial score (nSPS) is 10.3. The molecule has 22 heavy (non-hydrogen) atoms. The highest BCUT2D eigenvalue weighted by molar-refractivity contribution is 5.91. The fourth-order valence-corrected chi connectivity index (χ4v) is 2.26. The van der Waals surface area contributed by atoms with Gasteiger partial charge in [-0.25, -0.2) is 0 Å². The molecule has 2 aromatic carbocycles. The van der Waals surface area contributed by atoms with Crippen LogP contribution in [0.5, 0.6) is 0 Å². The van der Waals surface area contributed by atoms with E-state index in [1.165, 1.54) is 5.56 Å². The Balaban J connectivity index is 1.81. The third-order valence-corrected chi connectivity index (χ3v) is 3.71. The molecule has 0 saturated heterocycles. The first-order valence-electron chi connectivity index (χ1n) is 7.78. The van der Waals surface area contributed by atoms with Gasteiger partial charge < -0.3 is 10.6 Å². The molecule has 2 aromatic rings. The van der Waals surface area contributed by atoms with E-state index in [1.54, 1.807) is 0 Å². The Morgan fingerprint density at radius 3 is 2.45 bits per heavy atom. The van der Waals surface area contributed by atoms with E-state index < -0.39 is 0 Å². The minimum Gasteiger partial charge on any atom is -0.385 e. The summed E-state index contributed by atoms with van der Waals surface area (Å²) in [4.78, 5) is 12.0. The van der Waals surface area contributed by atoms with Gasteiger partial charge in [-0.05, 0) is 55.2 Å². The van der Waals surface area contributed by atoms with Gasteiger partial charge in [0, 0.05) is 24.3 Å². The Labute approximate surface area is 132 Å². The molecule has 3 heteroatoms. The van der Waals surface area contributed by atoms with Crippen molar-refractivity contribution in [2.75, 3.05) is 17.2 Å². The maximum atomic E-state index is 12.0. The molecule has 3 nitrogen and oxygen atoms in total. The number of hydrogen-bond acceptors (Lipinski definition) is 2. The van der Waals surface area contributed by atoms with E-state index in [2.05, 4.69) is 41.8 Å². The van der Waals surface area contributed by atoms with E-state index in [0.717, 1.165) is 28.9 Å². The molecule has 0 fully saturated rings. The zero-order chi connectivity index (χ0) is 15.9. The Kier molecular flexibility index (Phi) is 5.59. The van der Waals surface area contributed by atoms with Crippen molar-refractivity contribution in [3.8, 4) is 0 Å². The highest BCUT2D eigenvalue weighted by Gasteiger charge is 2.05. The predicted octanol–water partition coefficient (Wildman–Crippen LogP) is 4.31. The molecule has 0 saturated carbocycles. The number of benzene rings is 2. The molecule has 0 unspecified atom stereocenters. The van der Waals surface area contributed by atoms with Crippen molar-refractivity contribution in [2.45, 2.75) is 33.6 Å². The third-order valence-electron chi connectivity index (χ3n) is 3.71. The van der Waals surface area contributed by atoms with Gasteiger partial charge in [0.1, 0.15) is 0 Å². The highest BCUT2D eigenvalue weighted by atomic mass is 16.1. The Bertz CT molecular complexity index is 632. The molecule has 0 aliphatic rings. The number of amides is 1. The molecule has 0 bridgehead atoms. The number of carbonyl (C=O) groups excluding carboxylic acids is 1. The van der Waals surface area contributed by atoms with E-state index in [9.17, 15) is 4.79 Å². The monoisotopic (exact) mass is 296 g/mol. The maximum absolute atomic E-state index is 12.0. The molecular formula is C19H24N2O. The van der Waals surface area contributed by atoms with Crippen molar-refractivity contribution < 1.29 is 4.79 Å². The van der Waals surface area contributed by atoms with Crippen molar-refractivity contribution in [3.05, 3.63) is 59.2 Å². The largest absolute Gasteiger partial charge is 0.385 e.